The summed E-state index contributed by atoms with van der Waals surface area (Å²) in [6.45, 7) is 1.77. The van der Waals surface area contributed by atoms with Gasteiger partial charge in [-0.3, -0.25) is 4.90 Å². The van der Waals surface area contributed by atoms with Gasteiger partial charge in [0.2, 0.25) is 0 Å². The first kappa shape index (κ1) is 14.8. The van der Waals surface area contributed by atoms with Gasteiger partial charge in [0.15, 0.2) is 0 Å². The Morgan fingerprint density at radius 1 is 1.27 bits per heavy atom. The van der Waals surface area contributed by atoms with Crippen molar-refractivity contribution in [3.63, 3.8) is 0 Å². The van der Waals surface area contributed by atoms with Gasteiger partial charge >= 0.3 is 12.1 Å². The molecule has 1 N–H and O–H groups in total. The summed E-state index contributed by atoms with van der Waals surface area (Å²) in [5.74, 6) is -0.962. The molecule has 0 bridgehead atoms. The number of amides is 1. The van der Waals surface area contributed by atoms with Crippen molar-refractivity contribution in [2.45, 2.75) is 31.8 Å². The second-order valence-electron chi connectivity index (χ2n) is 5.56. The summed E-state index contributed by atoms with van der Waals surface area (Å²) in [6, 6.07) is 5.03. The van der Waals surface area contributed by atoms with Crippen molar-refractivity contribution in [1.82, 2.24) is 0 Å². The minimum atomic E-state index is -0.962. The average Bonchev–Trinajstić information content (AvgIpc) is 2.54. The van der Waals surface area contributed by atoms with Gasteiger partial charge in [0.1, 0.15) is 6.10 Å². The molecule has 6 nitrogen and oxygen atoms in total. The second kappa shape index (κ2) is 6.36. The Bertz CT molecular complexity index is 580. The molecule has 0 radical (unpaired) electrons. The molecule has 2 heterocycles. The van der Waals surface area contributed by atoms with Crippen LogP contribution in [0, 0.1) is 0 Å². The highest BCUT2D eigenvalue weighted by Gasteiger charge is 2.29. The van der Waals surface area contributed by atoms with E-state index >= 15 is 0 Å². The maximum absolute atomic E-state index is 12.4. The molecule has 3 rings (SSSR count). The van der Waals surface area contributed by atoms with Gasteiger partial charge < -0.3 is 14.6 Å². The zero-order chi connectivity index (χ0) is 15.5. The Hall–Kier alpha value is -2.08. The van der Waals surface area contributed by atoms with E-state index in [1.54, 1.807) is 23.1 Å². The number of ether oxygens (including phenoxy) is 2. The normalized spacial score (nSPS) is 18.6. The third-order valence-electron chi connectivity index (χ3n) is 4.14. The molecule has 0 unspecified atom stereocenters. The first-order valence-corrected chi connectivity index (χ1v) is 7.58. The van der Waals surface area contributed by atoms with Crippen LogP contribution < -0.4 is 4.90 Å². The molecular weight excluding hydrogens is 286 g/mol. The number of hydrogen-bond acceptors (Lipinski definition) is 4. The van der Waals surface area contributed by atoms with Crippen LogP contribution in [0.4, 0.5) is 10.5 Å². The van der Waals surface area contributed by atoms with Gasteiger partial charge in [-0.1, -0.05) is 6.07 Å². The summed E-state index contributed by atoms with van der Waals surface area (Å²) >= 11 is 0. The molecule has 0 spiro atoms. The maximum atomic E-state index is 12.4. The van der Waals surface area contributed by atoms with Gasteiger partial charge in [-0.25, -0.2) is 9.59 Å². The molecule has 1 aromatic carbocycles. The number of anilines is 1. The number of hydrogen-bond donors (Lipinski definition) is 1. The number of carboxylic acid groups (broad SMARTS) is 1. The SMILES string of the molecule is O=C(O)c1cccc2c1CCCN2C(=O)OC1CCOCC1. The molecule has 0 aliphatic carbocycles. The summed E-state index contributed by atoms with van der Waals surface area (Å²) in [6.07, 6.45) is 2.31. The number of benzene rings is 1. The van der Waals surface area contributed by atoms with E-state index in [1.165, 1.54) is 0 Å². The van der Waals surface area contributed by atoms with E-state index in [4.69, 9.17) is 9.47 Å². The van der Waals surface area contributed by atoms with Crippen molar-refractivity contribution in [1.29, 1.82) is 0 Å². The predicted molar refractivity (Wildman–Crippen MR) is 79.4 cm³/mol. The summed E-state index contributed by atoms with van der Waals surface area (Å²) < 4.78 is 10.8. The monoisotopic (exact) mass is 305 g/mol. The lowest BCUT2D eigenvalue weighted by molar-refractivity contribution is 0.00370. The van der Waals surface area contributed by atoms with Crippen LogP contribution >= 0.6 is 0 Å². The van der Waals surface area contributed by atoms with Gasteiger partial charge in [0.25, 0.3) is 0 Å². The highest BCUT2D eigenvalue weighted by Crippen LogP contribution is 2.31. The molecule has 1 aromatic rings. The Morgan fingerprint density at radius 3 is 2.77 bits per heavy atom. The maximum Gasteiger partial charge on any atom is 0.414 e. The lowest BCUT2D eigenvalue weighted by Crippen LogP contribution is -2.39. The van der Waals surface area contributed by atoms with Crippen molar-refractivity contribution < 1.29 is 24.2 Å². The average molecular weight is 305 g/mol. The highest BCUT2D eigenvalue weighted by molar-refractivity contribution is 5.95. The van der Waals surface area contributed by atoms with Crippen LogP contribution in [0.25, 0.3) is 0 Å². The van der Waals surface area contributed by atoms with Crippen LogP contribution in [0.3, 0.4) is 0 Å². The van der Waals surface area contributed by atoms with E-state index in [9.17, 15) is 14.7 Å². The van der Waals surface area contributed by atoms with E-state index in [0.29, 0.717) is 50.3 Å². The summed E-state index contributed by atoms with van der Waals surface area (Å²) in [7, 11) is 0. The van der Waals surface area contributed by atoms with Crippen molar-refractivity contribution in [3.8, 4) is 0 Å². The van der Waals surface area contributed by atoms with E-state index in [0.717, 1.165) is 6.42 Å². The second-order valence-corrected chi connectivity index (χ2v) is 5.56. The third-order valence-corrected chi connectivity index (χ3v) is 4.14. The molecule has 1 amide bonds. The van der Waals surface area contributed by atoms with Crippen LogP contribution in [0.15, 0.2) is 18.2 Å². The zero-order valence-corrected chi connectivity index (χ0v) is 12.3. The fraction of sp³-hybridized carbons (Fsp3) is 0.500. The number of carboxylic acids is 1. The van der Waals surface area contributed by atoms with E-state index in [2.05, 4.69) is 0 Å². The van der Waals surface area contributed by atoms with Crippen molar-refractivity contribution in [2.75, 3.05) is 24.7 Å². The van der Waals surface area contributed by atoms with Gasteiger partial charge in [-0.15, -0.1) is 0 Å². The standard InChI is InChI=1S/C16H19NO5/c18-15(19)13-3-1-5-14-12(13)4-2-8-17(14)16(20)22-11-6-9-21-10-7-11/h1,3,5,11H,2,4,6-10H2,(H,18,19). The molecular formula is C16H19NO5. The van der Waals surface area contributed by atoms with E-state index in [1.807, 2.05) is 0 Å². The van der Waals surface area contributed by atoms with Crippen LogP contribution in [0.5, 0.6) is 0 Å². The molecule has 1 saturated heterocycles. The third kappa shape index (κ3) is 2.92. The zero-order valence-electron chi connectivity index (χ0n) is 12.3. The van der Waals surface area contributed by atoms with Crippen LogP contribution in [-0.4, -0.2) is 43.0 Å². The topological polar surface area (TPSA) is 76.1 Å². The summed E-state index contributed by atoms with van der Waals surface area (Å²) in [4.78, 5) is 25.3. The van der Waals surface area contributed by atoms with Crippen molar-refractivity contribution >= 4 is 17.7 Å². The van der Waals surface area contributed by atoms with Crippen molar-refractivity contribution in [3.05, 3.63) is 29.3 Å². The smallest absolute Gasteiger partial charge is 0.414 e. The molecule has 2 aliphatic rings. The van der Waals surface area contributed by atoms with Crippen molar-refractivity contribution in [2.24, 2.45) is 0 Å². The Kier molecular flexibility index (Phi) is 4.29. The molecule has 0 saturated carbocycles. The minimum absolute atomic E-state index is 0.116. The number of fused-ring (bicyclic) bond motifs is 1. The molecule has 2 aliphatic heterocycles. The van der Waals surface area contributed by atoms with Gasteiger partial charge in [0.05, 0.1) is 24.5 Å². The molecule has 22 heavy (non-hydrogen) atoms. The van der Waals surface area contributed by atoms with Gasteiger partial charge in [-0.05, 0) is 30.5 Å². The highest BCUT2D eigenvalue weighted by atomic mass is 16.6. The fourth-order valence-electron chi connectivity index (χ4n) is 3.01. The van der Waals surface area contributed by atoms with Gasteiger partial charge in [-0.2, -0.15) is 0 Å². The van der Waals surface area contributed by atoms with Crippen LogP contribution in [0.2, 0.25) is 0 Å². The number of rotatable bonds is 2. The largest absolute Gasteiger partial charge is 0.478 e. The Labute approximate surface area is 128 Å². The van der Waals surface area contributed by atoms with Crippen LogP contribution in [0.1, 0.15) is 35.2 Å². The van der Waals surface area contributed by atoms with Crippen LogP contribution in [-0.2, 0) is 15.9 Å². The van der Waals surface area contributed by atoms with E-state index < -0.39 is 12.1 Å². The molecule has 6 heteroatoms. The molecule has 0 aromatic heterocycles. The molecule has 1 fully saturated rings. The molecule has 118 valence electrons. The predicted octanol–water partition coefficient (Wildman–Crippen LogP) is 2.45. The Balaban J connectivity index is 1.80. The Morgan fingerprint density at radius 2 is 2.05 bits per heavy atom. The van der Waals surface area contributed by atoms with Gasteiger partial charge in [0, 0.05) is 19.4 Å². The first-order chi connectivity index (χ1) is 10.7. The lowest BCUT2D eigenvalue weighted by Gasteiger charge is -2.31. The fourth-order valence-corrected chi connectivity index (χ4v) is 3.01. The molecule has 0 atom stereocenters. The number of carbonyl (C=O) groups is 2. The summed E-state index contributed by atoms with van der Waals surface area (Å²) in [5, 5.41) is 9.28. The number of carbonyl (C=O) groups excluding carboxylic acids is 1. The quantitative estimate of drug-likeness (QED) is 0.908. The lowest BCUT2D eigenvalue weighted by atomic mass is 9.96. The number of aromatic carboxylic acids is 1. The minimum Gasteiger partial charge on any atom is -0.478 e. The van der Waals surface area contributed by atoms with E-state index in [-0.39, 0.29) is 11.7 Å². The summed E-state index contributed by atoms with van der Waals surface area (Å²) in [5.41, 5.74) is 1.63. The number of nitrogens with zero attached hydrogens (tertiary/aromatic N) is 1. The first-order valence-electron chi connectivity index (χ1n) is 7.58.